The van der Waals surface area contributed by atoms with E-state index in [9.17, 15) is 13.5 Å². The Morgan fingerprint density at radius 1 is 1.09 bits per heavy atom. The number of hydrogen-bond acceptors (Lipinski definition) is 6. The highest BCUT2D eigenvalue weighted by Crippen LogP contribution is 2.19. The van der Waals surface area contributed by atoms with Crippen molar-refractivity contribution in [3.8, 4) is 5.75 Å². The molecule has 0 aromatic heterocycles. The molecule has 0 spiro atoms. The van der Waals surface area contributed by atoms with Gasteiger partial charge in [0.15, 0.2) is 0 Å². The molecule has 1 aliphatic rings. The lowest BCUT2D eigenvalue weighted by Gasteiger charge is -2.34. The van der Waals surface area contributed by atoms with Crippen LogP contribution in [0.2, 0.25) is 0 Å². The van der Waals surface area contributed by atoms with E-state index in [1.165, 1.54) is 4.31 Å². The van der Waals surface area contributed by atoms with Gasteiger partial charge in [0.05, 0.1) is 4.90 Å². The molecule has 1 saturated heterocycles. The first-order valence-electron chi connectivity index (χ1n) is 10.9. The molecule has 32 heavy (non-hydrogen) atoms. The highest BCUT2D eigenvalue weighted by molar-refractivity contribution is 7.89. The van der Waals surface area contributed by atoms with Gasteiger partial charge in [-0.25, -0.2) is 8.42 Å². The number of rotatable bonds is 10. The number of aliphatic hydroxyl groups is 1. The van der Waals surface area contributed by atoms with Gasteiger partial charge in [0.25, 0.3) is 0 Å². The Kier molecular flexibility index (Phi) is 8.25. The van der Waals surface area contributed by atoms with Gasteiger partial charge in [0.2, 0.25) is 10.0 Å². The number of piperazine rings is 1. The number of aliphatic hydroxyl groups excluding tert-OH is 1. The number of nitrogens with one attached hydrogen (secondary N) is 1. The number of sulfonamides is 1. The van der Waals surface area contributed by atoms with Crippen molar-refractivity contribution in [3.63, 3.8) is 0 Å². The van der Waals surface area contributed by atoms with Gasteiger partial charge < -0.3 is 15.6 Å². The van der Waals surface area contributed by atoms with Crippen LogP contribution in [0.15, 0.2) is 53.4 Å². The Hall–Kier alpha value is -2.46. The maximum atomic E-state index is 12.9. The van der Waals surface area contributed by atoms with Crippen molar-refractivity contribution in [1.82, 2.24) is 9.21 Å². The van der Waals surface area contributed by atoms with E-state index in [1.54, 1.807) is 36.4 Å². The first-order chi connectivity index (χ1) is 15.3. The summed E-state index contributed by atoms with van der Waals surface area (Å²) < 4.78 is 33.0. The zero-order valence-electron chi connectivity index (χ0n) is 18.4. The van der Waals surface area contributed by atoms with E-state index in [2.05, 4.69) is 6.92 Å². The third-order valence-electron chi connectivity index (χ3n) is 5.51. The summed E-state index contributed by atoms with van der Waals surface area (Å²) in [6.45, 7) is 4.51. The molecule has 8 nitrogen and oxygen atoms in total. The van der Waals surface area contributed by atoms with E-state index >= 15 is 0 Å². The number of aryl methyl sites for hydroxylation is 1. The first-order valence-corrected chi connectivity index (χ1v) is 12.3. The number of nitrogen functional groups attached to an aromatic ring is 1. The van der Waals surface area contributed by atoms with Gasteiger partial charge >= 0.3 is 0 Å². The lowest BCUT2D eigenvalue weighted by atomic mass is 10.1. The van der Waals surface area contributed by atoms with Gasteiger partial charge in [-0.05, 0) is 48.4 Å². The molecule has 0 aliphatic carbocycles. The molecular formula is C23H32N4O4S. The van der Waals surface area contributed by atoms with E-state index in [1.807, 2.05) is 17.0 Å². The molecule has 1 fully saturated rings. The van der Waals surface area contributed by atoms with Crippen molar-refractivity contribution in [1.29, 1.82) is 5.41 Å². The number of β-amino-alcohol motifs (C(OH)–C–C–N with tert-alkyl or cyclic N) is 1. The Bertz CT molecular complexity index is 986. The van der Waals surface area contributed by atoms with Crippen molar-refractivity contribution >= 4 is 15.9 Å². The Morgan fingerprint density at radius 3 is 2.28 bits per heavy atom. The molecule has 0 saturated carbocycles. The van der Waals surface area contributed by atoms with Gasteiger partial charge in [-0.15, -0.1) is 0 Å². The van der Waals surface area contributed by atoms with Crippen molar-refractivity contribution in [2.24, 2.45) is 5.73 Å². The van der Waals surface area contributed by atoms with E-state index in [0.29, 0.717) is 48.9 Å². The Labute approximate surface area is 190 Å². The fourth-order valence-corrected chi connectivity index (χ4v) is 5.11. The van der Waals surface area contributed by atoms with Crippen LogP contribution in [0.25, 0.3) is 0 Å². The summed E-state index contributed by atoms with van der Waals surface area (Å²) in [7, 11) is -3.51. The highest BCUT2D eigenvalue weighted by atomic mass is 32.2. The molecule has 9 heteroatoms. The Balaban J connectivity index is 1.45. The number of nitrogens with two attached hydrogens (primary N) is 1. The summed E-state index contributed by atoms with van der Waals surface area (Å²) in [6.07, 6.45) is 1.27. The minimum atomic E-state index is -3.51. The lowest BCUT2D eigenvalue weighted by Crippen LogP contribution is -2.50. The molecule has 1 unspecified atom stereocenters. The second-order valence-electron chi connectivity index (χ2n) is 8.00. The van der Waals surface area contributed by atoms with Gasteiger partial charge in [-0.1, -0.05) is 25.5 Å². The van der Waals surface area contributed by atoms with E-state index < -0.39 is 16.1 Å². The summed E-state index contributed by atoms with van der Waals surface area (Å²) >= 11 is 0. The van der Waals surface area contributed by atoms with E-state index in [0.717, 1.165) is 18.4 Å². The van der Waals surface area contributed by atoms with E-state index in [4.69, 9.17) is 15.9 Å². The molecule has 0 amide bonds. The predicted octanol–water partition coefficient (Wildman–Crippen LogP) is 1.67. The summed E-state index contributed by atoms with van der Waals surface area (Å²) in [5.41, 5.74) is 7.19. The average Bonchev–Trinajstić information content (AvgIpc) is 2.79. The molecule has 2 aromatic rings. The zero-order valence-corrected chi connectivity index (χ0v) is 19.2. The second kappa shape index (κ2) is 10.9. The second-order valence-corrected chi connectivity index (χ2v) is 9.94. The topological polar surface area (TPSA) is 120 Å². The van der Waals surface area contributed by atoms with Crippen molar-refractivity contribution in [2.75, 3.05) is 39.3 Å². The number of nitrogens with zero attached hydrogens (tertiary/aromatic N) is 2. The monoisotopic (exact) mass is 460 g/mol. The Morgan fingerprint density at radius 2 is 1.72 bits per heavy atom. The quantitative estimate of drug-likeness (QED) is 0.366. The predicted molar refractivity (Wildman–Crippen MR) is 125 cm³/mol. The lowest BCUT2D eigenvalue weighted by molar-refractivity contribution is 0.0569. The third kappa shape index (κ3) is 6.29. The van der Waals surface area contributed by atoms with Crippen molar-refractivity contribution in [3.05, 3.63) is 59.7 Å². The molecule has 0 radical (unpaired) electrons. The maximum Gasteiger partial charge on any atom is 0.243 e. The van der Waals surface area contributed by atoms with Crippen LogP contribution in [-0.4, -0.2) is 74.0 Å². The minimum absolute atomic E-state index is 0.00810. The molecule has 1 heterocycles. The van der Waals surface area contributed by atoms with Crippen LogP contribution in [0.4, 0.5) is 0 Å². The number of amidine groups is 1. The molecule has 1 atom stereocenters. The molecule has 174 valence electrons. The summed E-state index contributed by atoms with van der Waals surface area (Å²) in [4.78, 5) is 2.37. The van der Waals surface area contributed by atoms with Gasteiger partial charge in [-0.2, -0.15) is 4.31 Å². The van der Waals surface area contributed by atoms with Crippen LogP contribution in [0.5, 0.6) is 5.75 Å². The van der Waals surface area contributed by atoms with Crippen LogP contribution >= 0.6 is 0 Å². The average molecular weight is 461 g/mol. The minimum Gasteiger partial charge on any atom is -0.491 e. The van der Waals surface area contributed by atoms with Gasteiger partial charge in [-0.3, -0.25) is 10.3 Å². The molecule has 4 N–H and O–H groups in total. The fourth-order valence-electron chi connectivity index (χ4n) is 3.69. The first kappa shape index (κ1) is 24.2. The van der Waals surface area contributed by atoms with Crippen molar-refractivity contribution < 1.29 is 18.3 Å². The standard InChI is InChI=1S/C23H32N4O4S/c1-2-3-18-4-10-22(11-5-18)32(29,30)27-14-12-26(13-15-27)16-20(28)17-31-21-8-6-19(7-9-21)23(24)25/h4-11,20,28H,2-3,12-17H2,1H3,(H3,24,25). The maximum absolute atomic E-state index is 12.9. The zero-order chi connectivity index (χ0) is 23.1. The highest BCUT2D eigenvalue weighted by Gasteiger charge is 2.29. The van der Waals surface area contributed by atoms with Crippen LogP contribution in [0, 0.1) is 5.41 Å². The largest absolute Gasteiger partial charge is 0.491 e. The van der Waals surface area contributed by atoms with Crippen molar-refractivity contribution in [2.45, 2.75) is 30.8 Å². The summed E-state index contributed by atoms with van der Waals surface area (Å²) in [5, 5.41) is 17.7. The molecular weight excluding hydrogens is 428 g/mol. The third-order valence-corrected chi connectivity index (χ3v) is 7.42. The number of benzene rings is 2. The molecule has 1 aliphatic heterocycles. The molecule has 3 rings (SSSR count). The number of hydrogen-bond donors (Lipinski definition) is 3. The molecule has 0 bridgehead atoms. The summed E-state index contributed by atoms with van der Waals surface area (Å²) in [6, 6.07) is 14.0. The summed E-state index contributed by atoms with van der Waals surface area (Å²) in [5.74, 6) is 0.584. The molecule has 2 aromatic carbocycles. The fraction of sp³-hybridized carbons (Fsp3) is 0.435. The smallest absolute Gasteiger partial charge is 0.243 e. The van der Waals surface area contributed by atoms with Crippen LogP contribution in [0.3, 0.4) is 0 Å². The number of ether oxygens (including phenoxy) is 1. The van der Waals surface area contributed by atoms with Gasteiger partial charge in [0, 0.05) is 38.3 Å². The van der Waals surface area contributed by atoms with E-state index in [-0.39, 0.29) is 12.4 Å². The van der Waals surface area contributed by atoms with Gasteiger partial charge in [0.1, 0.15) is 24.3 Å². The SMILES string of the molecule is CCCc1ccc(S(=O)(=O)N2CCN(CC(O)COc3ccc(C(=N)N)cc3)CC2)cc1. The van der Waals surface area contributed by atoms with Crippen LogP contribution in [0.1, 0.15) is 24.5 Å². The normalized spacial score (nSPS) is 16.6. The van der Waals surface area contributed by atoms with Crippen LogP contribution < -0.4 is 10.5 Å². The van der Waals surface area contributed by atoms with Crippen LogP contribution in [-0.2, 0) is 16.4 Å².